The summed E-state index contributed by atoms with van der Waals surface area (Å²) in [5, 5.41) is 5.45. The van der Waals surface area contributed by atoms with Gasteiger partial charge in [0.25, 0.3) is 0 Å². The lowest BCUT2D eigenvalue weighted by molar-refractivity contribution is 0.513. The summed E-state index contributed by atoms with van der Waals surface area (Å²) < 4.78 is 0. The molecule has 44 heavy (non-hydrogen) atoms. The van der Waals surface area contributed by atoms with E-state index in [-0.39, 0.29) is 16.2 Å². The van der Waals surface area contributed by atoms with Crippen molar-refractivity contribution in [2.75, 3.05) is 0 Å². The van der Waals surface area contributed by atoms with Crippen molar-refractivity contribution in [3.63, 3.8) is 0 Å². The van der Waals surface area contributed by atoms with E-state index < -0.39 is 0 Å². The molecule has 0 heteroatoms. The molecular formula is C44H48. The van der Waals surface area contributed by atoms with Crippen LogP contribution < -0.4 is 10.4 Å². The largest absolute Gasteiger partial charge is 0.0769 e. The van der Waals surface area contributed by atoms with Crippen LogP contribution in [0.15, 0.2) is 102 Å². The highest BCUT2D eigenvalue weighted by molar-refractivity contribution is 5.89. The van der Waals surface area contributed by atoms with E-state index in [1.165, 1.54) is 76.5 Å². The maximum atomic E-state index is 2.54. The Morgan fingerprint density at radius 2 is 1.20 bits per heavy atom. The molecule has 0 spiro atoms. The van der Waals surface area contributed by atoms with Gasteiger partial charge < -0.3 is 0 Å². The first-order valence-electron chi connectivity index (χ1n) is 16.3. The monoisotopic (exact) mass is 576 g/mol. The van der Waals surface area contributed by atoms with Gasteiger partial charge in [0, 0.05) is 0 Å². The molecule has 0 nitrogen and oxygen atoms in total. The fourth-order valence-corrected chi connectivity index (χ4v) is 7.41. The van der Waals surface area contributed by atoms with Crippen LogP contribution in [0.1, 0.15) is 109 Å². The second kappa shape index (κ2) is 10.6. The van der Waals surface area contributed by atoms with E-state index in [0.717, 1.165) is 6.42 Å². The molecule has 0 fully saturated rings. The molecule has 0 radical (unpaired) electrons. The van der Waals surface area contributed by atoms with Crippen molar-refractivity contribution in [3.05, 3.63) is 156 Å². The van der Waals surface area contributed by atoms with Crippen molar-refractivity contribution in [1.82, 2.24) is 0 Å². The summed E-state index contributed by atoms with van der Waals surface area (Å²) >= 11 is 0. The van der Waals surface area contributed by atoms with Gasteiger partial charge in [-0.3, -0.25) is 0 Å². The van der Waals surface area contributed by atoms with Crippen molar-refractivity contribution in [3.8, 4) is 0 Å². The molecule has 0 amide bonds. The topological polar surface area (TPSA) is 0 Å². The zero-order valence-corrected chi connectivity index (χ0v) is 28.4. The highest BCUT2D eigenvalue weighted by Gasteiger charge is 2.31. The minimum absolute atomic E-state index is 0.0266. The molecular weight excluding hydrogens is 528 g/mol. The van der Waals surface area contributed by atoms with Gasteiger partial charge in [-0.1, -0.05) is 153 Å². The Morgan fingerprint density at radius 1 is 0.614 bits per heavy atom. The van der Waals surface area contributed by atoms with Gasteiger partial charge in [-0.2, -0.15) is 0 Å². The maximum Gasteiger partial charge on any atom is -0.00295 e. The van der Waals surface area contributed by atoms with E-state index in [2.05, 4.69) is 166 Å². The minimum atomic E-state index is -0.0815. The van der Waals surface area contributed by atoms with E-state index in [1.54, 1.807) is 0 Å². The molecule has 6 rings (SSSR count). The first kappa shape index (κ1) is 30.1. The average Bonchev–Trinajstić information content (AvgIpc) is 3.52. The predicted octanol–water partition coefficient (Wildman–Crippen LogP) is 10.1. The fraction of sp³-hybridized carbons (Fsp3) is 0.318. The van der Waals surface area contributed by atoms with Crippen LogP contribution in [-0.4, -0.2) is 0 Å². The Hall–Kier alpha value is -3.90. The van der Waals surface area contributed by atoms with E-state index in [1.807, 2.05) is 0 Å². The Labute approximate surface area is 264 Å². The molecule has 4 aromatic carbocycles. The van der Waals surface area contributed by atoms with Gasteiger partial charge in [0.1, 0.15) is 0 Å². The lowest BCUT2D eigenvalue weighted by Gasteiger charge is -2.29. The van der Waals surface area contributed by atoms with Crippen LogP contribution >= 0.6 is 0 Å². The Kier molecular flexibility index (Phi) is 7.28. The zero-order valence-electron chi connectivity index (χ0n) is 28.4. The van der Waals surface area contributed by atoms with Gasteiger partial charge in [-0.05, 0) is 113 Å². The normalized spacial score (nSPS) is 14.7. The van der Waals surface area contributed by atoms with E-state index in [9.17, 15) is 0 Å². The Balaban J connectivity index is 1.96. The van der Waals surface area contributed by atoms with Crippen LogP contribution in [0.25, 0.3) is 17.2 Å². The number of hydrogen-bond donors (Lipinski definition) is 0. The minimum Gasteiger partial charge on any atom is -0.0769 e. The summed E-state index contributed by atoms with van der Waals surface area (Å²) in [6.45, 7) is 23.6. The summed E-state index contributed by atoms with van der Waals surface area (Å²) in [4.78, 5) is 0. The standard InChI is InChI=1S/C44H48/c1-28-21-24-33(41(28)44(8,9)10)39-36-25-31-22-23-32(42(2,3)4)26-34(31)35(36)27-37(43(5,6)7)40(39)38(29-17-13-11-14-18-29)30-19-15-12-16-20-30/h11-23,25-27H,24H2,1-10H3. The second-order valence-corrected chi connectivity index (χ2v) is 15.9. The van der Waals surface area contributed by atoms with E-state index in [0.29, 0.717) is 0 Å². The molecule has 0 bridgehead atoms. The summed E-state index contributed by atoms with van der Waals surface area (Å²) in [6.07, 6.45) is 5.90. The van der Waals surface area contributed by atoms with Crippen LogP contribution in [-0.2, 0) is 10.8 Å². The third kappa shape index (κ3) is 5.23. The molecule has 2 aliphatic carbocycles. The molecule has 0 atom stereocenters. The Morgan fingerprint density at radius 3 is 1.73 bits per heavy atom. The molecule has 0 saturated carbocycles. The average molecular weight is 577 g/mol. The lowest BCUT2D eigenvalue weighted by atomic mass is 9.75. The van der Waals surface area contributed by atoms with Crippen molar-refractivity contribution in [2.45, 2.75) is 86.5 Å². The van der Waals surface area contributed by atoms with Gasteiger partial charge in [0.15, 0.2) is 0 Å². The first-order valence-corrected chi connectivity index (χ1v) is 16.3. The van der Waals surface area contributed by atoms with Crippen molar-refractivity contribution < 1.29 is 0 Å². The molecule has 4 aromatic rings. The molecule has 0 saturated heterocycles. The summed E-state index contributed by atoms with van der Waals surface area (Å²) in [6, 6.07) is 31.8. The SMILES string of the molecule is CC1=CCC(c2c3c(cc(C(C)(C)C)c2=C(c2ccccc2)c2ccccc2)=c2cc(C(C)(C)C)ccc2=C3)=C1C(C)(C)C. The van der Waals surface area contributed by atoms with Crippen LogP contribution in [0.4, 0.5) is 0 Å². The third-order valence-electron chi connectivity index (χ3n) is 9.42. The highest BCUT2D eigenvalue weighted by atomic mass is 14.4. The lowest BCUT2D eigenvalue weighted by Crippen LogP contribution is -2.30. The van der Waals surface area contributed by atoms with Crippen molar-refractivity contribution in [1.29, 1.82) is 0 Å². The quantitative estimate of drug-likeness (QED) is 0.200. The molecule has 0 heterocycles. The summed E-state index contributed by atoms with van der Waals surface area (Å²) in [5.74, 6) is 0. The second-order valence-electron chi connectivity index (χ2n) is 15.9. The molecule has 2 aliphatic rings. The van der Waals surface area contributed by atoms with Crippen molar-refractivity contribution >= 4 is 17.2 Å². The fourth-order valence-electron chi connectivity index (χ4n) is 7.41. The summed E-state index contributed by atoms with van der Waals surface area (Å²) in [5.41, 5.74) is 13.8. The maximum absolute atomic E-state index is 2.54. The number of allylic oxidation sites excluding steroid dienone is 4. The zero-order chi connectivity index (χ0) is 31.6. The van der Waals surface area contributed by atoms with Gasteiger partial charge in [-0.15, -0.1) is 0 Å². The summed E-state index contributed by atoms with van der Waals surface area (Å²) in [7, 11) is 0. The molecule has 0 unspecified atom stereocenters. The van der Waals surface area contributed by atoms with Gasteiger partial charge in [0.2, 0.25) is 0 Å². The smallest absolute Gasteiger partial charge is 0.00295 e. The van der Waals surface area contributed by atoms with Crippen LogP contribution in [0.3, 0.4) is 0 Å². The predicted molar refractivity (Wildman–Crippen MR) is 190 cm³/mol. The highest BCUT2D eigenvalue weighted by Crippen LogP contribution is 2.45. The molecule has 0 aromatic heterocycles. The number of hydrogen-bond acceptors (Lipinski definition) is 0. The Bertz CT molecular complexity index is 2000. The van der Waals surface area contributed by atoms with Gasteiger partial charge in [-0.25, -0.2) is 0 Å². The van der Waals surface area contributed by atoms with Crippen LogP contribution in [0, 0.1) is 15.9 Å². The molecule has 0 N–H and O–H groups in total. The van der Waals surface area contributed by atoms with Gasteiger partial charge >= 0.3 is 0 Å². The number of fused-ring (bicyclic) bond motifs is 2. The van der Waals surface area contributed by atoms with E-state index >= 15 is 0 Å². The van der Waals surface area contributed by atoms with E-state index in [4.69, 9.17) is 0 Å². The number of rotatable bonds is 3. The van der Waals surface area contributed by atoms with Gasteiger partial charge in [0.05, 0.1) is 0 Å². The molecule has 0 aliphatic heterocycles. The van der Waals surface area contributed by atoms with Crippen LogP contribution in [0.2, 0.25) is 0 Å². The molecule has 224 valence electrons. The first-order chi connectivity index (χ1) is 20.7. The number of benzene rings is 4. The van der Waals surface area contributed by atoms with Crippen molar-refractivity contribution in [2.24, 2.45) is 5.41 Å². The van der Waals surface area contributed by atoms with Crippen LogP contribution in [0.5, 0.6) is 0 Å². The third-order valence-corrected chi connectivity index (χ3v) is 9.42.